The third-order valence-corrected chi connectivity index (χ3v) is 2.99. The van der Waals surface area contributed by atoms with Crippen LogP contribution in [-0.2, 0) is 6.42 Å². The first kappa shape index (κ1) is 11.6. The van der Waals surface area contributed by atoms with Crippen LogP contribution in [0.15, 0.2) is 12.1 Å². The van der Waals surface area contributed by atoms with E-state index >= 15 is 0 Å². The minimum Gasteiger partial charge on any atom is -0.179 e. The monoisotopic (exact) mass is 208 g/mol. The molecule has 14 heavy (non-hydrogen) atoms. The van der Waals surface area contributed by atoms with Crippen LogP contribution in [0.3, 0.4) is 0 Å². The van der Waals surface area contributed by atoms with Gasteiger partial charge in [-0.2, -0.15) is 12.6 Å². The molecule has 0 saturated heterocycles. The van der Waals surface area contributed by atoms with Crippen molar-refractivity contribution in [2.45, 2.75) is 40.0 Å². The molecule has 0 fully saturated rings. The van der Waals surface area contributed by atoms with Gasteiger partial charge in [0, 0.05) is 0 Å². The Morgan fingerprint density at radius 1 is 1.00 bits per heavy atom. The van der Waals surface area contributed by atoms with Crippen molar-refractivity contribution in [1.29, 1.82) is 0 Å². The van der Waals surface area contributed by atoms with Gasteiger partial charge < -0.3 is 0 Å². The van der Waals surface area contributed by atoms with E-state index in [0.29, 0.717) is 0 Å². The highest BCUT2D eigenvalue weighted by Gasteiger charge is 2.02. The maximum absolute atomic E-state index is 4.24. The zero-order valence-corrected chi connectivity index (χ0v) is 10.3. The Hall–Kier alpha value is -0.430. The van der Waals surface area contributed by atoms with E-state index in [-0.39, 0.29) is 0 Å². The highest BCUT2D eigenvalue weighted by Crippen LogP contribution is 2.18. The molecular weight excluding hydrogens is 188 g/mol. The molecule has 1 heteroatoms. The fourth-order valence-electron chi connectivity index (χ4n) is 2.02. The molecule has 0 aromatic heterocycles. The van der Waals surface area contributed by atoms with E-state index in [1.54, 1.807) is 0 Å². The molecule has 0 heterocycles. The van der Waals surface area contributed by atoms with Crippen LogP contribution in [0.4, 0.5) is 0 Å². The Morgan fingerprint density at radius 3 is 2.07 bits per heavy atom. The second-order valence-corrected chi connectivity index (χ2v) is 4.51. The molecule has 0 spiro atoms. The summed E-state index contributed by atoms with van der Waals surface area (Å²) in [7, 11) is 0. The minimum absolute atomic E-state index is 1.00. The summed E-state index contributed by atoms with van der Waals surface area (Å²) in [5.41, 5.74) is 5.80. The molecule has 0 saturated carbocycles. The lowest BCUT2D eigenvalue weighted by Crippen LogP contribution is -1.95. The van der Waals surface area contributed by atoms with Gasteiger partial charge in [-0.1, -0.05) is 17.7 Å². The van der Waals surface area contributed by atoms with E-state index in [1.807, 2.05) is 0 Å². The lowest BCUT2D eigenvalue weighted by atomic mass is 9.96. The van der Waals surface area contributed by atoms with E-state index in [2.05, 4.69) is 45.5 Å². The Balaban J connectivity index is 2.75. The molecule has 0 atom stereocenters. The number of benzene rings is 1. The normalized spacial score (nSPS) is 10.6. The highest BCUT2D eigenvalue weighted by atomic mass is 32.1. The summed E-state index contributed by atoms with van der Waals surface area (Å²) in [6.45, 7) is 6.60. The zero-order chi connectivity index (χ0) is 10.6. The summed E-state index contributed by atoms with van der Waals surface area (Å²) in [6.07, 6.45) is 3.68. The molecule has 0 radical (unpaired) electrons. The summed E-state index contributed by atoms with van der Waals surface area (Å²) in [5.74, 6) is 1.00. The summed E-state index contributed by atoms with van der Waals surface area (Å²) < 4.78 is 0. The third-order valence-electron chi connectivity index (χ3n) is 2.68. The molecular formula is C13H20S. The largest absolute Gasteiger partial charge is 0.179 e. The first-order valence-electron chi connectivity index (χ1n) is 5.32. The van der Waals surface area contributed by atoms with Crippen molar-refractivity contribution < 1.29 is 0 Å². The Labute approximate surface area is 93.1 Å². The third kappa shape index (κ3) is 3.06. The van der Waals surface area contributed by atoms with Gasteiger partial charge in [0.15, 0.2) is 0 Å². The van der Waals surface area contributed by atoms with Gasteiger partial charge in [0.2, 0.25) is 0 Å². The molecule has 0 aliphatic heterocycles. The van der Waals surface area contributed by atoms with Gasteiger partial charge >= 0.3 is 0 Å². The zero-order valence-electron chi connectivity index (χ0n) is 9.43. The van der Waals surface area contributed by atoms with Crippen LogP contribution >= 0.6 is 12.6 Å². The summed E-state index contributed by atoms with van der Waals surface area (Å²) >= 11 is 4.24. The van der Waals surface area contributed by atoms with Gasteiger partial charge in [0.05, 0.1) is 0 Å². The van der Waals surface area contributed by atoms with Crippen molar-refractivity contribution >= 4 is 12.6 Å². The summed E-state index contributed by atoms with van der Waals surface area (Å²) in [4.78, 5) is 0. The quantitative estimate of drug-likeness (QED) is 0.563. The van der Waals surface area contributed by atoms with Gasteiger partial charge in [-0.05, 0) is 62.5 Å². The average Bonchev–Trinajstić information content (AvgIpc) is 2.09. The van der Waals surface area contributed by atoms with Crippen molar-refractivity contribution in [3.8, 4) is 0 Å². The maximum atomic E-state index is 4.24. The number of rotatable bonds is 4. The number of thiol groups is 1. The lowest BCUT2D eigenvalue weighted by molar-refractivity contribution is 0.795. The van der Waals surface area contributed by atoms with Gasteiger partial charge in [-0.25, -0.2) is 0 Å². The van der Waals surface area contributed by atoms with Crippen molar-refractivity contribution in [2.24, 2.45) is 0 Å². The Kier molecular flexibility index (Phi) is 4.53. The number of unbranched alkanes of at least 4 members (excludes halogenated alkanes) is 1. The maximum Gasteiger partial charge on any atom is -0.00978 e. The molecule has 0 nitrogen and oxygen atoms in total. The molecule has 0 aliphatic carbocycles. The second kappa shape index (κ2) is 5.45. The molecule has 0 unspecified atom stereocenters. The molecule has 1 rings (SSSR count). The predicted octanol–water partition coefficient (Wildman–Crippen LogP) is 3.86. The molecule has 1 aromatic rings. The lowest BCUT2D eigenvalue weighted by Gasteiger charge is -2.10. The van der Waals surface area contributed by atoms with Crippen LogP contribution in [0, 0.1) is 20.8 Å². The van der Waals surface area contributed by atoms with Crippen molar-refractivity contribution in [3.63, 3.8) is 0 Å². The molecule has 0 bridgehead atoms. The standard InChI is InChI=1S/C13H20S/c1-10-8-11(2)13(12(3)9-10)6-4-5-7-14/h8-9,14H,4-7H2,1-3H3. The van der Waals surface area contributed by atoms with Crippen LogP contribution in [0.1, 0.15) is 35.1 Å². The van der Waals surface area contributed by atoms with E-state index < -0.39 is 0 Å². The van der Waals surface area contributed by atoms with Crippen molar-refractivity contribution in [2.75, 3.05) is 5.75 Å². The van der Waals surface area contributed by atoms with Gasteiger partial charge in [0.25, 0.3) is 0 Å². The first-order valence-corrected chi connectivity index (χ1v) is 5.96. The number of aryl methyl sites for hydroxylation is 3. The minimum atomic E-state index is 1.00. The van der Waals surface area contributed by atoms with E-state index in [9.17, 15) is 0 Å². The summed E-state index contributed by atoms with van der Waals surface area (Å²) in [5, 5.41) is 0. The van der Waals surface area contributed by atoms with Crippen LogP contribution in [-0.4, -0.2) is 5.75 Å². The molecule has 1 aromatic carbocycles. The molecule has 78 valence electrons. The highest BCUT2D eigenvalue weighted by molar-refractivity contribution is 7.80. The van der Waals surface area contributed by atoms with Crippen LogP contribution < -0.4 is 0 Å². The van der Waals surface area contributed by atoms with Gasteiger partial charge in [-0.3, -0.25) is 0 Å². The number of hydrogen-bond donors (Lipinski definition) is 1. The van der Waals surface area contributed by atoms with Crippen LogP contribution in [0.5, 0.6) is 0 Å². The SMILES string of the molecule is Cc1cc(C)c(CCCCS)c(C)c1. The second-order valence-electron chi connectivity index (χ2n) is 4.06. The summed E-state index contributed by atoms with van der Waals surface area (Å²) in [6, 6.07) is 4.56. The molecule has 0 amide bonds. The first-order chi connectivity index (χ1) is 6.65. The molecule has 0 aliphatic rings. The number of hydrogen-bond acceptors (Lipinski definition) is 1. The van der Waals surface area contributed by atoms with E-state index in [4.69, 9.17) is 0 Å². The van der Waals surface area contributed by atoms with E-state index in [0.717, 1.165) is 5.75 Å². The van der Waals surface area contributed by atoms with Gasteiger partial charge in [0.1, 0.15) is 0 Å². The van der Waals surface area contributed by atoms with Crippen LogP contribution in [0.2, 0.25) is 0 Å². The molecule has 0 N–H and O–H groups in total. The average molecular weight is 208 g/mol. The van der Waals surface area contributed by atoms with Crippen LogP contribution in [0.25, 0.3) is 0 Å². The Bertz CT molecular complexity index is 279. The van der Waals surface area contributed by atoms with Crippen molar-refractivity contribution in [1.82, 2.24) is 0 Å². The fraction of sp³-hybridized carbons (Fsp3) is 0.538. The fourth-order valence-corrected chi connectivity index (χ4v) is 2.24. The van der Waals surface area contributed by atoms with Gasteiger partial charge in [-0.15, -0.1) is 0 Å². The Morgan fingerprint density at radius 2 is 1.57 bits per heavy atom. The smallest absolute Gasteiger partial charge is 0.00978 e. The van der Waals surface area contributed by atoms with E-state index in [1.165, 1.54) is 41.5 Å². The predicted molar refractivity (Wildman–Crippen MR) is 67.4 cm³/mol. The topological polar surface area (TPSA) is 0 Å². The van der Waals surface area contributed by atoms with Crippen molar-refractivity contribution in [3.05, 3.63) is 34.4 Å².